The lowest BCUT2D eigenvalue weighted by Crippen LogP contribution is -2.44. The third kappa shape index (κ3) is 4.61. The van der Waals surface area contributed by atoms with Gasteiger partial charge in [-0.15, -0.1) is 0 Å². The number of anilines is 1. The number of pyridine rings is 2. The number of para-hydroxylation sites is 1. The van der Waals surface area contributed by atoms with Gasteiger partial charge in [0.2, 0.25) is 0 Å². The van der Waals surface area contributed by atoms with Crippen molar-refractivity contribution in [3.8, 4) is 22.8 Å². The average molecular weight is 530 g/mol. The topological polar surface area (TPSA) is 92.9 Å². The van der Waals surface area contributed by atoms with Crippen LogP contribution in [0.5, 0.6) is 0 Å². The van der Waals surface area contributed by atoms with Gasteiger partial charge in [0.15, 0.2) is 11.5 Å². The summed E-state index contributed by atoms with van der Waals surface area (Å²) in [6.07, 6.45) is 3.38. The monoisotopic (exact) mass is 529 g/mol. The number of rotatable bonds is 5. The van der Waals surface area contributed by atoms with Gasteiger partial charge in [0.05, 0.1) is 29.0 Å². The van der Waals surface area contributed by atoms with Crippen LogP contribution in [0.25, 0.3) is 44.8 Å². The fourth-order valence-electron chi connectivity index (χ4n) is 5.57. The van der Waals surface area contributed by atoms with Gasteiger partial charge in [-0.2, -0.15) is 5.10 Å². The number of aromatic amines is 2. The Kier molecular flexibility index (Phi) is 5.78. The van der Waals surface area contributed by atoms with Crippen LogP contribution in [-0.4, -0.2) is 92.2 Å². The molecular formula is C28H29F2N9. The molecule has 2 fully saturated rings. The quantitative estimate of drug-likeness (QED) is 0.353. The molecule has 0 atom stereocenters. The van der Waals surface area contributed by atoms with E-state index >= 15 is 0 Å². The van der Waals surface area contributed by atoms with E-state index in [9.17, 15) is 8.78 Å². The van der Waals surface area contributed by atoms with Crippen molar-refractivity contribution < 1.29 is 8.78 Å². The molecule has 0 unspecified atom stereocenters. The van der Waals surface area contributed by atoms with Crippen molar-refractivity contribution in [2.24, 2.45) is 0 Å². The van der Waals surface area contributed by atoms with Crippen molar-refractivity contribution in [2.45, 2.75) is 18.9 Å². The molecule has 2 aliphatic rings. The molecule has 11 heteroatoms. The minimum atomic E-state index is -2.61. The Morgan fingerprint density at radius 1 is 0.949 bits per heavy atom. The Balaban J connectivity index is 1.21. The van der Waals surface area contributed by atoms with E-state index in [1.54, 1.807) is 17.3 Å². The Labute approximate surface area is 223 Å². The van der Waals surface area contributed by atoms with Crippen LogP contribution in [0.15, 0.2) is 48.8 Å². The largest absolute Gasteiger partial charge is 0.367 e. The number of aromatic nitrogens is 6. The number of fused-ring (bicyclic) bond motifs is 2. The minimum absolute atomic E-state index is 0.0970. The summed E-state index contributed by atoms with van der Waals surface area (Å²) >= 11 is 0. The molecule has 1 aromatic carbocycles. The molecule has 2 saturated heterocycles. The second-order valence-corrected chi connectivity index (χ2v) is 10.6. The molecule has 5 aromatic rings. The van der Waals surface area contributed by atoms with E-state index in [1.165, 1.54) is 0 Å². The highest BCUT2D eigenvalue weighted by atomic mass is 19.3. The number of piperazine rings is 1. The molecule has 39 heavy (non-hydrogen) atoms. The van der Waals surface area contributed by atoms with Crippen LogP contribution in [0.3, 0.4) is 0 Å². The number of likely N-dealkylation sites (N-methyl/N-ethyl adjacent to an activating group) is 1. The van der Waals surface area contributed by atoms with Gasteiger partial charge in [-0.25, -0.2) is 18.7 Å². The first kappa shape index (κ1) is 24.1. The number of imidazole rings is 1. The van der Waals surface area contributed by atoms with Gasteiger partial charge in [0.1, 0.15) is 11.0 Å². The summed E-state index contributed by atoms with van der Waals surface area (Å²) in [6, 6.07) is 12.0. The molecule has 4 aromatic heterocycles. The molecule has 0 saturated carbocycles. The lowest BCUT2D eigenvalue weighted by Gasteiger charge is -2.34. The molecule has 0 radical (unpaired) electrons. The van der Waals surface area contributed by atoms with E-state index in [4.69, 9.17) is 9.97 Å². The number of benzene rings is 1. The number of alkyl halides is 2. The summed E-state index contributed by atoms with van der Waals surface area (Å²) < 4.78 is 27.3. The highest BCUT2D eigenvalue weighted by Gasteiger charge is 2.38. The van der Waals surface area contributed by atoms with Crippen molar-refractivity contribution in [2.75, 3.05) is 51.2 Å². The summed E-state index contributed by atoms with van der Waals surface area (Å²) in [5, 5.41) is 7.63. The first-order valence-corrected chi connectivity index (χ1v) is 13.2. The van der Waals surface area contributed by atoms with Gasteiger partial charge < -0.3 is 14.8 Å². The zero-order chi connectivity index (χ0) is 26.6. The molecule has 0 aliphatic carbocycles. The van der Waals surface area contributed by atoms with Gasteiger partial charge >= 0.3 is 0 Å². The fraction of sp³-hybridized carbons (Fsp3) is 0.357. The van der Waals surface area contributed by atoms with E-state index in [2.05, 4.69) is 49.1 Å². The van der Waals surface area contributed by atoms with Gasteiger partial charge in [0.25, 0.3) is 5.92 Å². The second-order valence-electron chi connectivity index (χ2n) is 10.6. The van der Waals surface area contributed by atoms with Crippen LogP contribution in [0.1, 0.15) is 12.0 Å². The molecular weight excluding hydrogens is 500 g/mol. The molecule has 6 heterocycles. The maximum Gasteiger partial charge on any atom is 0.261 e. The molecule has 9 nitrogen and oxygen atoms in total. The Morgan fingerprint density at radius 3 is 2.64 bits per heavy atom. The van der Waals surface area contributed by atoms with Crippen LogP contribution < -0.4 is 4.90 Å². The summed E-state index contributed by atoms with van der Waals surface area (Å²) in [5.41, 5.74) is 7.61. The Hall–Kier alpha value is -3.96. The first-order chi connectivity index (χ1) is 18.9. The maximum atomic E-state index is 13.6. The minimum Gasteiger partial charge on any atom is -0.367 e. The molecule has 0 amide bonds. The van der Waals surface area contributed by atoms with Crippen molar-refractivity contribution in [1.29, 1.82) is 0 Å². The van der Waals surface area contributed by atoms with Crippen LogP contribution >= 0.6 is 0 Å². The Bertz CT molecular complexity index is 1650. The van der Waals surface area contributed by atoms with E-state index < -0.39 is 5.92 Å². The predicted molar refractivity (Wildman–Crippen MR) is 147 cm³/mol. The molecule has 0 spiro atoms. The fourth-order valence-corrected chi connectivity index (χ4v) is 5.57. The third-order valence-corrected chi connectivity index (χ3v) is 7.71. The van der Waals surface area contributed by atoms with Crippen molar-refractivity contribution in [3.05, 3.63) is 54.4 Å². The molecule has 0 bridgehead atoms. The summed E-state index contributed by atoms with van der Waals surface area (Å²) in [4.78, 5) is 24.2. The third-order valence-electron chi connectivity index (χ3n) is 7.71. The summed E-state index contributed by atoms with van der Waals surface area (Å²) in [5.74, 6) is -1.96. The first-order valence-electron chi connectivity index (χ1n) is 13.2. The predicted octanol–water partition coefficient (Wildman–Crippen LogP) is 4.16. The smallest absolute Gasteiger partial charge is 0.261 e. The number of hydrogen-bond acceptors (Lipinski definition) is 7. The number of likely N-dealkylation sites (tertiary alicyclic amines) is 1. The van der Waals surface area contributed by atoms with Crippen molar-refractivity contribution in [3.63, 3.8) is 0 Å². The van der Waals surface area contributed by atoms with E-state index in [-0.39, 0.29) is 13.0 Å². The lowest BCUT2D eigenvalue weighted by atomic mass is 10.1. The van der Waals surface area contributed by atoms with E-state index in [0.29, 0.717) is 30.1 Å². The second kappa shape index (κ2) is 9.35. The zero-order valence-electron chi connectivity index (χ0n) is 21.7. The number of nitrogens with zero attached hydrogens (tertiary/aromatic N) is 7. The van der Waals surface area contributed by atoms with Gasteiger partial charge in [-0.3, -0.25) is 15.0 Å². The Morgan fingerprint density at radius 2 is 1.82 bits per heavy atom. The van der Waals surface area contributed by atoms with Crippen LogP contribution in [0, 0.1) is 0 Å². The van der Waals surface area contributed by atoms with Crippen molar-refractivity contribution >= 4 is 27.8 Å². The molecule has 2 aliphatic heterocycles. The standard InChI is InChI=1S/C28H29F2N9/c1-37-9-11-39(12-10-37)23-4-2-3-21-24(23)34-27(33-21)26-25-22(35-36-26)6-5-20(32-25)19-13-18(14-31-15-19)16-38-8-7-28(29,30)17-38/h2-6,13-15H,7-12,16-17H2,1H3,(H,33,34)(H,35,36). The zero-order valence-corrected chi connectivity index (χ0v) is 21.7. The number of hydrogen-bond donors (Lipinski definition) is 2. The maximum absolute atomic E-state index is 13.6. The SMILES string of the molecule is CN1CCN(c2cccc3[nH]c(-c4n[nH]c5ccc(-c6cncc(CN7CCC(F)(F)C7)c6)nc45)nc23)CC1. The highest BCUT2D eigenvalue weighted by Crippen LogP contribution is 2.32. The van der Waals surface area contributed by atoms with Gasteiger partial charge in [-0.1, -0.05) is 6.07 Å². The average Bonchev–Trinajstić information content (AvgIpc) is 3.64. The molecule has 2 N–H and O–H groups in total. The van der Waals surface area contributed by atoms with Crippen molar-refractivity contribution in [1.82, 2.24) is 39.9 Å². The van der Waals surface area contributed by atoms with Crippen LogP contribution in [0.4, 0.5) is 14.5 Å². The summed E-state index contributed by atoms with van der Waals surface area (Å²) in [6.45, 7) is 4.56. The highest BCUT2D eigenvalue weighted by molar-refractivity contribution is 5.95. The van der Waals surface area contributed by atoms with Gasteiger partial charge in [0, 0.05) is 63.6 Å². The number of nitrogens with one attached hydrogen (secondary N) is 2. The van der Waals surface area contributed by atoms with E-state index in [1.807, 2.05) is 24.3 Å². The lowest BCUT2D eigenvalue weighted by molar-refractivity contribution is 0.0115. The van der Waals surface area contributed by atoms with Crippen LogP contribution in [-0.2, 0) is 6.54 Å². The molecule has 200 valence electrons. The molecule has 7 rings (SSSR count). The van der Waals surface area contributed by atoms with Crippen LogP contribution in [0.2, 0.25) is 0 Å². The normalized spacial score (nSPS) is 18.5. The summed E-state index contributed by atoms with van der Waals surface area (Å²) in [7, 11) is 2.15. The number of halogens is 2. The van der Waals surface area contributed by atoms with E-state index in [0.717, 1.165) is 65.2 Å². The van der Waals surface area contributed by atoms with Gasteiger partial charge in [-0.05, 0) is 42.9 Å². The number of H-pyrrole nitrogens is 2.